The summed E-state index contributed by atoms with van der Waals surface area (Å²) in [5.74, 6) is -0.819. The van der Waals surface area contributed by atoms with E-state index in [0.29, 0.717) is 5.69 Å². The van der Waals surface area contributed by atoms with Gasteiger partial charge >= 0.3 is 0 Å². The zero-order valence-electron chi connectivity index (χ0n) is 8.56. The number of carbonyl (C=O) groups excluding carboxylic acids is 1. The highest BCUT2D eigenvalue weighted by Gasteiger charge is 2.16. The van der Waals surface area contributed by atoms with Crippen LogP contribution in [0.3, 0.4) is 0 Å². The average molecular weight is 229 g/mol. The van der Waals surface area contributed by atoms with Gasteiger partial charge < -0.3 is 5.73 Å². The number of azide groups is 1. The van der Waals surface area contributed by atoms with Gasteiger partial charge in [-0.1, -0.05) is 23.4 Å². The van der Waals surface area contributed by atoms with Crippen LogP contribution in [0.5, 0.6) is 0 Å². The first-order valence-electron chi connectivity index (χ1n) is 4.60. The second-order valence-corrected chi connectivity index (χ2v) is 3.06. The molecule has 0 saturated heterocycles. The average Bonchev–Trinajstić information content (AvgIpc) is 2.75. The largest absolute Gasteiger partial charge is 0.364 e. The molecule has 0 bridgehead atoms. The number of carbonyl (C=O) groups is 1. The minimum atomic E-state index is -0.797. The van der Waals surface area contributed by atoms with Crippen molar-refractivity contribution in [2.75, 3.05) is 0 Å². The standard InChI is InChI=1S/C9H7N7O/c10-8(17)7-9(13-14-11)16(15-12-7)6-4-2-1-3-5-6/h1-5H,(H2,10,17). The SMILES string of the molecule is [N-]=[N+]=Nc1c(C(N)=O)nnn1-c1ccccc1. The summed E-state index contributed by atoms with van der Waals surface area (Å²) >= 11 is 0. The number of aromatic nitrogens is 3. The Balaban J connectivity index is 2.63. The van der Waals surface area contributed by atoms with E-state index in [-0.39, 0.29) is 11.5 Å². The lowest BCUT2D eigenvalue weighted by Gasteiger charge is -2.01. The molecule has 17 heavy (non-hydrogen) atoms. The third kappa shape index (κ3) is 1.92. The summed E-state index contributed by atoms with van der Waals surface area (Å²) in [5, 5.41) is 10.7. The van der Waals surface area contributed by atoms with Gasteiger partial charge in [0.25, 0.3) is 5.91 Å². The molecule has 84 valence electrons. The minimum Gasteiger partial charge on any atom is -0.364 e. The van der Waals surface area contributed by atoms with E-state index in [1.54, 1.807) is 24.3 Å². The van der Waals surface area contributed by atoms with Crippen LogP contribution in [0.4, 0.5) is 5.82 Å². The van der Waals surface area contributed by atoms with Gasteiger partial charge in [0.2, 0.25) is 0 Å². The topological polar surface area (TPSA) is 123 Å². The molecular formula is C9H7N7O. The number of rotatable bonds is 3. The van der Waals surface area contributed by atoms with Crippen LogP contribution in [0.15, 0.2) is 35.4 Å². The van der Waals surface area contributed by atoms with E-state index in [1.807, 2.05) is 6.07 Å². The zero-order chi connectivity index (χ0) is 12.3. The van der Waals surface area contributed by atoms with E-state index >= 15 is 0 Å². The Labute approximate surface area is 95.3 Å². The van der Waals surface area contributed by atoms with Gasteiger partial charge in [0, 0.05) is 4.91 Å². The van der Waals surface area contributed by atoms with Crippen LogP contribution in [-0.2, 0) is 0 Å². The number of hydrogen-bond acceptors (Lipinski definition) is 4. The second-order valence-electron chi connectivity index (χ2n) is 3.06. The highest BCUT2D eigenvalue weighted by Crippen LogP contribution is 2.20. The molecule has 0 fully saturated rings. The van der Waals surface area contributed by atoms with E-state index in [1.165, 1.54) is 4.68 Å². The van der Waals surface area contributed by atoms with Gasteiger partial charge in [0.15, 0.2) is 11.5 Å². The third-order valence-electron chi connectivity index (χ3n) is 2.02. The van der Waals surface area contributed by atoms with Crippen molar-refractivity contribution in [1.29, 1.82) is 0 Å². The monoisotopic (exact) mass is 229 g/mol. The summed E-state index contributed by atoms with van der Waals surface area (Å²) < 4.78 is 1.25. The van der Waals surface area contributed by atoms with Crippen LogP contribution >= 0.6 is 0 Å². The summed E-state index contributed by atoms with van der Waals surface area (Å²) in [6.45, 7) is 0. The molecule has 0 radical (unpaired) electrons. The van der Waals surface area contributed by atoms with Crippen molar-refractivity contribution in [3.63, 3.8) is 0 Å². The molecule has 2 aromatic rings. The van der Waals surface area contributed by atoms with Gasteiger partial charge in [0.1, 0.15) is 0 Å². The summed E-state index contributed by atoms with van der Waals surface area (Å²) in [6, 6.07) is 8.84. The summed E-state index contributed by atoms with van der Waals surface area (Å²) in [7, 11) is 0. The lowest BCUT2D eigenvalue weighted by molar-refractivity contribution is 0.0996. The molecule has 2 N–H and O–H groups in total. The molecule has 0 spiro atoms. The van der Waals surface area contributed by atoms with Crippen LogP contribution in [0.2, 0.25) is 0 Å². The molecule has 0 atom stereocenters. The zero-order valence-corrected chi connectivity index (χ0v) is 8.56. The first-order valence-corrected chi connectivity index (χ1v) is 4.60. The first-order chi connectivity index (χ1) is 8.24. The van der Waals surface area contributed by atoms with E-state index in [2.05, 4.69) is 20.3 Å². The Morgan fingerprint density at radius 1 is 1.41 bits per heavy atom. The van der Waals surface area contributed by atoms with E-state index in [0.717, 1.165) is 0 Å². The summed E-state index contributed by atoms with van der Waals surface area (Å²) in [4.78, 5) is 13.7. The Hall–Kier alpha value is -2.86. The molecule has 2 rings (SSSR count). The van der Waals surface area contributed by atoms with Crippen molar-refractivity contribution in [3.8, 4) is 5.69 Å². The van der Waals surface area contributed by atoms with Crippen molar-refractivity contribution in [1.82, 2.24) is 15.0 Å². The van der Waals surface area contributed by atoms with Crippen molar-refractivity contribution in [3.05, 3.63) is 46.5 Å². The van der Waals surface area contributed by atoms with Crippen LogP contribution in [0, 0.1) is 0 Å². The highest BCUT2D eigenvalue weighted by molar-refractivity contribution is 5.95. The van der Waals surface area contributed by atoms with E-state index < -0.39 is 5.91 Å². The predicted octanol–water partition coefficient (Wildman–Crippen LogP) is 1.31. The molecule has 8 heteroatoms. The minimum absolute atomic E-state index is 0.0220. The van der Waals surface area contributed by atoms with Gasteiger partial charge in [-0.15, -0.1) is 5.10 Å². The van der Waals surface area contributed by atoms with Crippen molar-refractivity contribution in [2.24, 2.45) is 10.8 Å². The molecule has 8 nitrogen and oxygen atoms in total. The lowest BCUT2D eigenvalue weighted by atomic mass is 10.3. The third-order valence-corrected chi connectivity index (χ3v) is 2.02. The summed E-state index contributed by atoms with van der Waals surface area (Å²) in [5.41, 5.74) is 14.0. The first kappa shape index (κ1) is 10.7. The molecule has 1 heterocycles. The van der Waals surface area contributed by atoms with E-state index in [4.69, 9.17) is 11.3 Å². The molecule has 0 aliphatic carbocycles. The number of para-hydroxylation sites is 1. The maximum Gasteiger partial charge on any atom is 0.271 e. The molecule has 0 aliphatic rings. The fourth-order valence-electron chi connectivity index (χ4n) is 1.31. The maximum atomic E-state index is 11.1. The predicted molar refractivity (Wildman–Crippen MR) is 58.7 cm³/mol. The van der Waals surface area contributed by atoms with Crippen LogP contribution in [0.25, 0.3) is 16.1 Å². The van der Waals surface area contributed by atoms with Gasteiger partial charge in [-0.25, -0.2) is 4.68 Å². The molecule has 1 amide bonds. The molecule has 0 unspecified atom stereocenters. The Bertz CT molecular complexity index is 597. The fourth-order valence-corrected chi connectivity index (χ4v) is 1.31. The Morgan fingerprint density at radius 2 is 2.12 bits per heavy atom. The van der Waals surface area contributed by atoms with Crippen LogP contribution in [-0.4, -0.2) is 20.9 Å². The smallest absolute Gasteiger partial charge is 0.271 e. The number of nitrogens with two attached hydrogens (primary N) is 1. The Kier molecular flexibility index (Phi) is 2.71. The van der Waals surface area contributed by atoms with Crippen molar-refractivity contribution < 1.29 is 4.79 Å². The number of primary amides is 1. The molecule has 1 aromatic heterocycles. The van der Waals surface area contributed by atoms with Gasteiger partial charge in [-0.2, -0.15) is 0 Å². The van der Waals surface area contributed by atoms with Gasteiger partial charge in [-0.05, 0) is 22.8 Å². The fraction of sp³-hybridized carbons (Fsp3) is 0. The molecule has 0 saturated carbocycles. The number of amides is 1. The summed E-state index contributed by atoms with van der Waals surface area (Å²) in [6.07, 6.45) is 0. The number of benzene rings is 1. The van der Waals surface area contributed by atoms with Crippen molar-refractivity contribution >= 4 is 11.7 Å². The van der Waals surface area contributed by atoms with E-state index in [9.17, 15) is 4.79 Å². The highest BCUT2D eigenvalue weighted by atomic mass is 16.1. The van der Waals surface area contributed by atoms with Crippen LogP contribution in [0.1, 0.15) is 10.5 Å². The maximum absolute atomic E-state index is 11.1. The van der Waals surface area contributed by atoms with Crippen molar-refractivity contribution in [2.45, 2.75) is 0 Å². The normalized spacial score (nSPS) is 9.65. The molecule has 0 aliphatic heterocycles. The van der Waals surface area contributed by atoms with Gasteiger partial charge in [0.05, 0.1) is 5.69 Å². The van der Waals surface area contributed by atoms with Gasteiger partial charge in [-0.3, -0.25) is 4.79 Å². The lowest BCUT2D eigenvalue weighted by Crippen LogP contribution is -2.11. The molecule has 1 aromatic carbocycles. The number of hydrogen-bond donors (Lipinski definition) is 1. The van der Waals surface area contributed by atoms with Crippen LogP contribution < -0.4 is 5.73 Å². The Morgan fingerprint density at radius 3 is 2.71 bits per heavy atom. The molecular weight excluding hydrogens is 222 g/mol. The number of nitrogens with zero attached hydrogens (tertiary/aromatic N) is 6. The second kappa shape index (κ2) is 4.33. The quantitative estimate of drug-likeness (QED) is 0.484.